The Kier molecular flexibility index (Phi) is 9.41. The van der Waals surface area contributed by atoms with Crippen molar-refractivity contribution in [1.29, 1.82) is 0 Å². The highest BCUT2D eigenvalue weighted by atomic mass is 31.2. The summed E-state index contributed by atoms with van der Waals surface area (Å²) in [5.41, 5.74) is -0.616. The number of anilines is 1. The van der Waals surface area contributed by atoms with Crippen molar-refractivity contribution >= 4 is 38.7 Å². The van der Waals surface area contributed by atoms with Crippen LogP contribution in [0, 0.1) is 0 Å². The number of carbonyl (C=O) groups excluding carboxylic acids is 1. The number of aliphatic hydroxyl groups excluding tert-OH is 1. The third-order valence-electron chi connectivity index (χ3n) is 8.92. The van der Waals surface area contributed by atoms with Gasteiger partial charge in [0, 0.05) is 32.8 Å². The zero-order chi connectivity index (χ0) is 30.8. The van der Waals surface area contributed by atoms with Crippen molar-refractivity contribution < 1.29 is 28.4 Å². The summed E-state index contributed by atoms with van der Waals surface area (Å²) in [6.45, 7) is 4.31. The van der Waals surface area contributed by atoms with Gasteiger partial charge in [0.15, 0.2) is 6.23 Å². The van der Waals surface area contributed by atoms with E-state index in [1.54, 1.807) is 0 Å². The van der Waals surface area contributed by atoms with Crippen molar-refractivity contribution in [2.24, 2.45) is 0 Å². The van der Waals surface area contributed by atoms with Crippen LogP contribution >= 0.6 is 8.53 Å². The lowest BCUT2D eigenvalue weighted by molar-refractivity contribution is -0.114. The maximum Gasteiger partial charge on any atom is 0.351 e. The summed E-state index contributed by atoms with van der Waals surface area (Å²) < 4.78 is 29.1. The monoisotopic (exact) mass is 638 g/mol. The molecule has 3 aromatic rings. The molecule has 0 saturated carbocycles. The molecule has 2 N–H and O–H groups in total. The first kappa shape index (κ1) is 31.2. The molecule has 0 spiro atoms. The minimum absolute atomic E-state index is 0.0134. The fraction of sp³-hybridized carbons (Fsp3) is 0.452. The van der Waals surface area contributed by atoms with Crippen LogP contribution in [0.15, 0.2) is 77.7 Å². The average Bonchev–Trinajstić information content (AvgIpc) is 3.73. The number of ether oxygens (including phenoxy) is 2. The van der Waals surface area contributed by atoms with Gasteiger partial charge >= 0.3 is 5.69 Å². The Labute approximate surface area is 259 Å². The van der Waals surface area contributed by atoms with Gasteiger partial charge in [-0.05, 0) is 25.0 Å². The van der Waals surface area contributed by atoms with Crippen LogP contribution in [0.1, 0.15) is 26.0 Å². The number of carbonyl (C=O) groups is 1. The molecule has 6 rings (SSSR count). The summed E-state index contributed by atoms with van der Waals surface area (Å²) in [4.78, 5) is 28.3. The lowest BCUT2D eigenvalue weighted by Gasteiger charge is -2.32. The minimum atomic E-state index is -2.18. The first-order valence-electron chi connectivity index (χ1n) is 15.0. The Morgan fingerprint density at radius 2 is 1.77 bits per heavy atom. The molecule has 3 saturated heterocycles. The van der Waals surface area contributed by atoms with Crippen molar-refractivity contribution in [3.63, 3.8) is 0 Å². The first-order valence-corrected chi connectivity index (χ1v) is 18.8. The van der Waals surface area contributed by atoms with E-state index in [4.69, 9.17) is 18.5 Å². The van der Waals surface area contributed by atoms with Gasteiger partial charge in [0.05, 0.1) is 12.7 Å². The Morgan fingerprint density at radius 1 is 1.09 bits per heavy atom. The molecule has 0 aliphatic carbocycles. The molecule has 13 heteroatoms. The zero-order valence-corrected chi connectivity index (χ0v) is 27.0. The second-order valence-corrected chi connectivity index (χ2v) is 17.4. The Balaban J connectivity index is 1.24. The fourth-order valence-electron chi connectivity index (χ4n) is 6.70. The van der Waals surface area contributed by atoms with Gasteiger partial charge in [0.2, 0.25) is 5.91 Å². The Bertz CT molecular complexity index is 1460. The molecule has 3 fully saturated rings. The average molecular weight is 639 g/mol. The van der Waals surface area contributed by atoms with Crippen LogP contribution in [0.3, 0.4) is 0 Å². The molecule has 3 aliphatic rings. The molecule has 1 amide bonds. The van der Waals surface area contributed by atoms with Crippen LogP contribution in [-0.2, 0) is 23.3 Å². The highest BCUT2D eigenvalue weighted by molar-refractivity contribution is 7.45. The molecule has 44 heavy (non-hydrogen) atoms. The van der Waals surface area contributed by atoms with Gasteiger partial charge in [-0.2, -0.15) is 4.98 Å². The third kappa shape index (κ3) is 6.05. The highest BCUT2D eigenvalue weighted by Crippen LogP contribution is 2.59. The number of amides is 1. The largest absolute Gasteiger partial charge is 0.394 e. The van der Waals surface area contributed by atoms with E-state index in [2.05, 4.69) is 82.2 Å². The smallest absolute Gasteiger partial charge is 0.351 e. The van der Waals surface area contributed by atoms with E-state index in [1.807, 2.05) is 0 Å². The van der Waals surface area contributed by atoms with Crippen molar-refractivity contribution in [2.45, 2.75) is 69.0 Å². The Morgan fingerprint density at radius 3 is 2.36 bits per heavy atom. The molecule has 234 valence electrons. The van der Waals surface area contributed by atoms with Crippen LogP contribution in [0.4, 0.5) is 5.82 Å². The van der Waals surface area contributed by atoms with E-state index in [-0.39, 0.29) is 30.5 Å². The number of hydrogen-bond donors (Lipinski definition) is 2. The quantitative estimate of drug-likeness (QED) is 0.255. The number of nitrogens with zero attached hydrogens (tertiary/aromatic N) is 3. The normalized spacial score (nSPS) is 28.7. The topological polar surface area (TPSA) is 124 Å². The molecule has 0 radical (unpaired) electrons. The standard InChI is InChI=1S/C31H39N4O7PSi/c1-21(37)32-27-16-18-34(31(38)33-27)30-29(39-2)28(25(19-36)40-30)42-43-35-17-10-15-24(35)26(41-43)20-44(3,22-11-6-4-7-12-22)23-13-8-5-9-14-23/h4-9,11-14,16,18,24-26,28-30,36H,10,15,17,19-20H2,1-3H3,(H,32,33,37,38)/t24-,25+,26+,28?,29-,30+,43+/m0/s1. The number of nitrogens with one attached hydrogen (secondary N) is 1. The van der Waals surface area contributed by atoms with Crippen molar-refractivity contribution in [2.75, 3.05) is 25.6 Å². The summed E-state index contributed by atoms with van der Waals surface area (Å²) >= 11 is 0. The maximum atomic E-state index is 12.9. The van der Waals surface area contributed by atoms with E-state index in [1.165, 1.54) is 41.2 Å². The van der Waals surface area contributed by atoms with Crippen LogP contribution in [0.25, 0.3) is 0 Å². The van der Waals surface area contributed by atoms with Gasteiger partial charge in [0.25, 0.3) is 8.53 Å². The molecule has 7 atom stereocenters. The summed E-state index contributed by atoms with van der Waals surface area (Å²) in [5, 5.41) is 15.5. The van der Waals surface area contributed by atoms with Crippen LogP contribution in [0.5, 0.6) is 0 Å². The van der Waals surface area contributed by atoms with Gasteiger partial charge in [-0.15, -0.1) is 0 Å². The molecule has 0 bridgehead atoms. The van der Waals surface area contributed by atoms with Gasteiger partial charge in [0.1, 0.15) is 32.2 Å². The molecule has 3 aliphatic heterocycles. The number of rotatable bonds is 10. The van der Waals surface area contributed by atoms with Gasteiger partial charge in [-0.3, -0.25) is 9.36 Å². The molecule has 1 unspecified atom stereocenters. The Hall–Kier alpha value is -2.80. The van der Waals surface area contributed by atoms with Crippen LogP contribution < -0.4 is 21.4 Å². The number of fused-ring (bicyclic) bond motifs is 1. The second-order valence-electron chi connectivity index (χ2n) is 11.7. The number of aromatic nitrogens is 2. The molecule has 4 heterocycles. The van der Waals surface area contributed by atoms with Gasteiger partial charge in [-0.1, -0.05) is 77.6 Å². The van der Waals surface area contributed by atoms with E-state index in [0.29, 0.717) is 0 Å². The van der Waals surface area contributed by atoms with E-state index >= 15 is 0 Å². The van der Waals surface area contributed by atoms with Crippen molar-refractivity contribution in [3.05, 3.63) is 83.4 Å². The number of benzene rings is 2. The predicted molar refractivity (Wildman–Crippen MR) is 170 cm³/mol. The molecule has 11 nitrogen and oxygen atoms in total. The maximum absolute atomic E-state index is 12.9. The third-order valence-corrected chi connectivity index (χ3v) is 15.1. The first-order chi connectivity index (χ1) is 21.3. The van der Waals surface area contributed by atoms with Gasteiger partial charge < -0.3 is 28.9 Å². The number of methoxy groups -OCH3 is 1. The number of hydrogen-bond acceptors (Lipinski definition) is 9. The summed E-state index contributed by atoms with van der Waals surface area (Å²) in [7, 11) is -2.11. The second kappa shape index (κ2) is 13.3. The van der Waals surface area contributed by atoms with E-state index < -0.39 is 46.8 Å². The molecule has 1 aromatic heterocycles. The SMILES string of the molecule is CO[C@H]1C(O[P@@]2O[C@H](C[Si](C)(c3ccccc3)c3ccccc3)[C@@H]3CCCN32)[C@@H](CO)O[C@H]1n1ccc(NC(C)=O)nc1=O. The predicted octanol–water partition coefficient (Wildman–Crippen LogP) is 2.47. The van der Waals surface area contributed by atoms with E-state index in [0.717, 1.165) is 25.4 Å². The number of aliphatic hydroxyl groups is 1. The molecular weight excluding hydrogens is 599 g/mol. The summed E-state index contributed by atoms with van der Waals surface area (Å²) in [6, 6.07) is 24.2. The van der Waals surface area contributed by atoms with Crippen LogP contribution in [-0.4, -0.2) is 84.0 Å². The van der Waals surface area contributed by atoms with E-state index in [9.17, 15) is 14.7 Å². The van der Waals surface area contributed by atoms with Crippen molar-refractivity contribution in [3.8, 4) is 0 Å². The lowest BCUT2D eigenvalue weighted by Crippen LogP contribution is -2.58. The minimum Gasteiger partial charge on any atom is -0.394 e. The summed E-state index contributed by atoms with van der Waals surface area (Å²) in [6.07, 6.45) is 0.549. The van der Waals surface area contributed by atoms with Gasteiger partial charge in [-0.25, -0.2) is 9.46 Å². The van der Waals surface area contributed by atoms with Crippen molar-refractivity contribution in [1.82, 2.24) is 14.2 Å². The summed E-state index contributed by atoms with van der Waals surface area (Å²) in [5.74, 6) is -0.184. The molecule has 2 aromatic carbocycles. The lowest BCUT2D eigenvalue weighted by atomic mass is 10.1. The zero-order valence-electron chi connectivity index (χ0n) is 25.1. The highest BCUT2D eigenvalue weighted by Gasteiger charge is 2.54. The van der Waals surface area contributed by atoms with Crippen LogP contribution in [0.2, 0.25) is 12.6 Å². The fourth-order valence-corrected chi connectivity index (χ4v) is 12.7. The molecular formula is C31H39N4O7PSi.